The molecule has 11 heteroatoms. The van der Waals surface area contributed by atoms with Gasteiger partial charge < -0.3 is 9.64 Å². The molecule has 0 unspecified atom stereocenters. The number of ether oxygens (including phenoxy) is 1. The molecule has 6 aliphatic rings. The monoisotopic (exact) mass is 727 g/mol. The molecule has 1 saturated carbocycles. The second kappa shape index (κ2) is 12.0. The summed E-state index contributed by atoms with van der Waals surface area (Å²) in [6.45, 7) is 3.29. The third-order valence-corrected chi connectivity index (χ3v) is 13.1. The molecule has 0 radical (unpaired) electrons. The zero-order valence-corrected chi connectivity index (χ0v) is 30.1. The van der Waals surface area contributed by atoms with Gasteiger partial charge in [0.25, 0.3) is 11.5 Å². The summed E-state index contributed by atoms with van der Waals surface area (Å²) in [5.74, 6) is 7.63. The van der Waals surface area contributed by atoms with Crippen LogP contribution >= 0.6 is 11.6 Å². The zero-order chi connectivity index (χ0) is 36.1. The molecule has 1 aliphatic carbocycles. The molecule has 2 saturated heterocycles. The summed E-state index contributed by atoms with van der Waals surface area (Å²) >= 11 is 6.55. The number of amides is 3. The standard InChI is InChI=1S/C42H38ClN5O5/c43-30-7-4-8-31-35(30)38(51)45-40-42(15-2-1-3-16-42)28-11-9-25(22-33(28)48(31)40)6-5-19-46-20-17-41(18-21-46)24-53-36-27-23-47(32-13-14-34(49)44-37(32)50)39(52)26(27)10-12-29(36)41/h4,7-12,22,32H,1-3,13-21,23-24H2,(H,44,49,50)/t32-/m0/s1. The lowest BCUT2D eigenvalue weighted by Gasteiger charge is -2.37. The van der Waals surface area contributed by atoms with Gasteiger partial charge in [-0.2, -0.15) is 4.98 Å². The molecule has 2 spiro atoms. The molecule has 53 heavy (non-hydrogen) atoms. The molecule has 3 amide bonds. The lowest BCUT2D eigenvalue weighted by atomic mass is 9.70. The summed E-state index contributed by atoms with van der Waals surface area (Å²) in [6, 6.07) is 15.4. The maximum Gasteiger partial charge on any atom is 0.282 e. The number of fused-ring (bicyclic) bond motifs is 11. The smallest absolute Gasteiger partial charge is 0.282 e. The summed E-state index contributed by atoms with van der Waals surface area (Å²) in [6.07, 6.45) is 7.74. The zero-order valence-electron chi connectivity index (χ0n) is 29.3. The summed E-state index contributed by atoms with van der Waals surface area (Å²) < 4.78 is 8.53. The SMILES string of the molecule is O=C1CC[C@H](N2Cc3c(ccc4c3OCC43CCN(CC#Cc4ccc5c(c4)-n4c(nc(=O)c6c(Cl)cccc64)C54CCCCC4)CC3)C2=O)C(=O)N1. The van der Waals surface area contributed by atoms with Gasteiger partial charge in [0.2, 0.25) is 11.8 Å². The number of likely N-dealkylation sites (tertiary alicyclic amines) is 1. The van der Waals surface area contributed by atoms with Gasteiger partial charge in [-0.3, -0.25) is 34.0 Å². The molecule has 3 fully saturated rings. The molecule has 5 aliphatic heterocycles. The molecule has 1 atom stereocenters. The fraction of sp³-hybridized carbons (Fsp3) is 0.405. The minimum Gasteiger partial charge on any atom is -0.492 e. The fourth-order valence-corrected chi connectivity index (χ4v) is 10.3. The molecule has 3 aromatic carbocycles. The highest BCUT2D eigenvalue weighted by atomic mass is 35.5. The Morgan fingerprint density at radius 1 is 0.962 bits per heavy atom. The molecule has 1 aromatic heterocycles. The third kappa shape index (κ3) is 4.86. The van der Waals surface area contributed by atoms with Gasteiger partial charge in [-0.05, 0) is 68.0 Å². The predicted molar refractivity (Wildman–Crippen MR) is 198 cm³/mol. The predicted octanol–water partition coefficient (Wildman–Crippen LogP) is 5.14. The number of piperidine rings is 2. The number of nitrogens with one attached hydrogen (secondary N) is 1. The van der Waals surface area contributed by atoms with Crippen LogP contribution in [0.2, 0.25) is 5.02 Å². The van der Waals surface area contributed by atoms with E-state index in [0.29, 0.717) is 42.1 Å². The number of nitrogens with zero attached hydrogens (tertiary/aromatic N) is 4. The third-order valence-electron chi connectivity index (χ3n) is 12.8. The first-order chi connectivity index (χ1) is 25.8. The Bertz CT molecular complexity index is 2410. The van der Waals surface area contributed by atoms with E-state index in [4.69, 9.17) is 21.3 Å². The highest BCUT2D eigenvalue weighted by Gasteiger charge is 2.48. The first-order valence-electron chi connectivity index (χ1n) is 18.8. The number of carbonyl (C=O) groups is 3. The average molecular weight is 728 g/mol. The minimum absolute atomic E-state index is 0.122. The fourth-order valence-electron chi connectivity index (χ4n) is 10.0. The lowest BCUT2D eigenvalue weighted by Crippen LogP contribution is -2.52. The van der Waals surface area contributed by atoms with Gasteiger partial charge in [-0.15, -0.1) is 0 Å². The molecular formula is C42H38ClN5O5. The van der Waals surface area contributed by atoms with Crippen LogP contribution in [0.1, 0.15) is 96.2 Å². The molecular weight excluding hydrogens is 690 g/mol. The Hall–Kier alpha value is -4.98. The second-order valence-corrected chi connectivity index (χ2v) is 16.0. The van der Waals surface area contributed by atoms with Crippen molar-refractivity contribution in [2.75, 3.05) is 26.2 Å². The van der Waals surface area contributed by atoms with Gasteiger partial charge in [0.15, 0.2) is 0 Å². The van der Waals surface area contributed by atoms with E-state index in [2.05, 4.69) is 50.9 Å². The number of aromatic nitrogens is 2. The lowest BCUT2D eigenvalue weighted by molar-refractivity contribution is -0.136. The summed E-state index contributed by atoms with van der Waals surface area (Å²) in [7, 11) is 0. The largest absolute Gasteiger partial charge is 0.492 e. The molecule has 6 heterocycles. The van der Waals surface area contributed by atoms with E-state index < -0.39 is 11.9 Å². The van der Waals surface area contributed by atoms with E-state index >= 15 is 0 Å². The van der Waals surface area contributed by atoms with Crippen LogP contribution in [0.3, 0.4) is 0 Å². The second-order valence-electron chi connectivity index (χ2n) is 15.6. The van der Waals surface area contributed by atoms with Gasteiger partial charge in [0.05, 0.1) is 46.7 Å². The van der Waals surface area contributed by atoms with Crippen LogP contribution in [0.5, 0.6) is 5.75 Å². The van der Waals surface area contributed by atoms with Gasteiger partial charge >= 0.3 is 0 Å². The van der Waals surface area contributed by atoms with Crippen molar-refractivity contribution in [2.24, 2.45) is 0 Å². The first-order valence-corrected chi connectivity index (χ1v) is 19.2. The number of imide groups is 1. The number of hydrogen-bond acceptors (Lipinski definition) is 7. The number of hydrogen-bond donors (Lipinski definition) is 1. The van der Waals surface area contributed by atoms with Crippen LogP contribution in [-0.4, -0.2) is 69.4 Å². The highest BCUT2D eigenvalue weighted by Crippen LogP contribution is 2.52. The first kappa shape index (κ1) is 32.7. The van der Waals surface area contributed by atoms with Gasteiger partial charge in [-0.25, -0.2) is 0 Å². The Morgan fingerprint density at radius 2 is 1.77 bits per heavy atom. The van der Waals surface area contributed by atoms with Crippen molar-refractivity contribution in [1.82, 2.24) is 24.7 Å². The molecule has 0 bridgehead atoms. The van der Waals surface area contributed by atoms with Crippen LogP contribution in [0, 0.1) is 11.8 Å². The summed E-state index contributed by atoms with van der Waals surface area (Å²) in [5, 5.41) is 3.26. The van der Waals surface area contributed by atoms with Crippen LogP contribution in [0.4, 0.5) is 0 Å². The number of benzene rings is 3. The number of halogens is 1. The van der Waals surface area contributed by atoms with Crippen molar-refractivity contribution in [2.45, 2.75) is 81.2 Å². The summed E-state index contributed by atoms with van der Waals surface area (Å²) in [5.41, 5.74) is 5.92. The van der Waals surface area contributed by atoms with Crippen LogP contribution in [0.25, 0.3) is 16.6 Å². The molecule has 10 rings (SSSR count). The highest BCUT2D eigenvalue weighted by molar-refractivity contribution is 6.35. The maximum atomic E-state index is 13.4. The van der Waals surface area contributed by atoms with Crippen molar-refractivity contribution in [3.05, 3.63) is 97.5 Å². The Kier molecular flexibility index (Phi) is 7.41. The summed E-state index contributed by atoms with van der Waals surface area (Å²) in [4.78, 5) is 59.6. The van der Waals surface area contributed by atoms with Crippen molar-refractivity contribution >= 4 is 40.2 Å². The normalized spacial score (nSPS) is 22.2. The quantitative estimate of drug-likeness (QED) is 0.225. The van der Waals surface area contributed by atoms with Crippen LogP contribution in [0.15, 0.2) is 53.3 Å². The number of carbonyl (C=O) groups excluding carboxylic acids is 3. The van der Waals surface area contributed by atoms with Gasteiger partial charge in [0.1, 0.15) is 17.6 Å². The Balaban J connectivity index is 0.868. The molecule has 10 nitrogen and oxygen atoms in total. The van der Waals surface area contributed by atoms with Crippen molar-refractivity contribution in [1.29, 1.82) is 0 Å². The van der Waals surface area contributed by atoms with E-state index in [1.54, 1.807) is 11.0 Å². The molecule has 268 valence electrons. The van der Waals surface area contributed by atoms with Crippen molar-refractivity contribution in [3.8, 4) is 23.3 Å². The van der Waals surface area contributed by atoms with Gasteiger partial charge in [-0.1, -0.05) is 60.9 Å². The Labute approximate surface area is 311 Å². The van der Waals surface area contributed by atoms with Crippen molar-refractivity contribution in [3.63, 3.8) is 0 Å². The topological polar surface area (TPSA) is 114 Å². The van der Waals surface area contributed by atoms with Crippen LogP contribution < -0.4 is 15.6 Å². The van der Waals surface area contributed by atoms with Crippen molar-refractivity contribution < 1.29 is 19.1 Å². The molecule has 4 aromatic rings. The van der Waals surface area contributed by atoms with E-state index in [-0.39, 0.29) is 34.6 Å². The van der Waals surface area contributed by atoms with E-state index in [1.807, 2.05) is 18.2 Å². The number of rotatable bonds is 2. The van der Waals surface area contributed by atoms with Gasteiger partial charge in [0, 0.05) is 47.2 Å². The molecule has 1 N–H and O–H groups in total. The van der Waals surface area contributed by atoms with E-state index in [1.165, 1.54) is 12.0 Å². The average Bonchev–Trinajstić information content (AvgIpc) is 3.77. The minimum atomic E-state index is -0.647. The van der Waals surface area contributed by atoms with E-state index in [9.17, 15) is 19.2 Å². The Morgan fingerprint density at radius 3 is 2.58 bits per heavy atom. The van der Waals surface area contributed by atoms with E-state index in [0.717, 1.165) is 91.1 Å². The van der Waals surface area contributed by atoms with Crippen LogP contribution in [-0.2, 0) is 27.0 Å². The maximum absolute atomic E-state index is 13.4.